The molecule has 14 nitrogen and oxygen atoms in total. The highest BCUT2D eigenvalue weighted by molar-refractivity contribution is 6.33. The molecule has 0 spiro atoms. The third-order valence-electron chi connectivity index (χ3n) is 6.61. The first-order valence-electron chi connectivity index (χ1n) is 13.7. The first-order chi connectivity index (χ1) is 23.0. The number of rotatable bonds is 3. The number of nitrogens with one attached hydrogen (secondary N) is 2. The van der Waals surface area contributed by atoms with E-state index in [1.807, 2.05) is 19.9 Å². The number of amides is 2. The number of benzene rings is 2. The fourth-order valence-electron chi connectivity index (χ4n) is 4.22. The Balaban J connectivity index is 0.000000182. The molecule has 0 fully saturated rings. The van der Waals surface area contributed by atoms with Crippen molar-refractivity contribution >= 4 is 86.2 Å². The first-order valence-corrected chi connectivity index (χ1v) is 14.5. The summed E-state index contributed by atoms with van der Waals surface area (Å²) >= 11 is 12.2. The summed E-state index contributed by atoms with van der Waals surface area (Å²) in [5, 5.41) is 23.9. The first kappa shape index (κ1) is 34.6. The van der Waals surface area contributed by atoms with Crippen molar-refractivity contribution in [1.29, 1.82) is 5.26 Å². The number of aryl methyl sites for hydroxylation is 4. The van der Waals surface area contributed by atoms with Crippen LogP contribution in [0.1, 0.15) is 28.1 Å². The van der Waals surface area contributed by atoms with Crippen LogP contribution in [0.15, 0.2) is 62.6 Å². The van der Waals surface area contributed by atoms with Crippen molar-refractivity contribution in [3.63, 3.8) is 0 Å². The maximum absolute atomic E-state index is 12.1. The van der Waals surface area contributed by atoms with Gasteiger partial charge in [0.15, 0.2) is 17.3 Å². The average Bonchev–Trinajstić information content (AvgIpc) is 3.66. The molecule has 240 valence electrons. The molecule has 4 aromatic heterocycles. The largest absolute Gasteiger partial charge is 0.380 e. The van der Waals surface area contributed by atoms with Gasteiger partial charge in [-0.3, -0.25) is 5.32 Å². The molecule has 0 unspecified atom stereocenters. The molecule has 0 saturated carbocycles. The number of hydrogen-bond acceptors (Lipinski definition) is 11. The number of aromatic nitrogens is 4. The van der Waals surface area contributed by atoms with Crippen molar-refractivity contribution in [2.45, 2.75) is 27.7 Å². The van der Waals surface area contributed by atoms with Gasteiger partial charge in [0.25, 0.3) is 11.4 Å². The van der Waals surface area contributed by atoms with Crippen LogP contribution in [-0.2, 0) is 4.79 Å². The SMILES string of the molecule is Cc1nc2onc(N)c2c(C)c1Cl.Cc1nc2onc(NC(=O)Nc3ccc(C#N)cc3)c2c(C)c1Cl.[C-]#[N+]c1ccc(N=C=O)cc1. The molecule has 0 aliphatic heterocycles. The molecule has 0 aliphatic carbocycles. The summed E-state index contributed by atoms with van der Waals surface area (Å²) < 4.78 is 10.1. The van der Waals surface area contributed by atoms with Crippen LogP contribution in [0.4, 0.5) is 33.5 Å². The van der Waals surface area contributed by atoms with Gasteiger partial charge < -0.3 is 20.1 Å². The van der Waals surface area contributed by atoms with Gasteiger partial charge >= 0.3 is 6.03 Å². The number of fused-ring (bicyclic) bond motifs is 2. The molecule has 0 saturated heterocycles. The summed E-state index contributed by atoms with van der Waals surface area (Å²) in [6, 6.07) is 14.4. The molecule has 6 rings (SSSR count). The second-order valence-corrected chi connectivity index (χ2v) is 10.6. The number of halogens is 2. The van der Waals surface area contributed by atoms with Crippen molar-refractivity contribution in [2.24, 2.45) is 4.99 Å². The Morgan fingerprint density at radius 1 is 0.896 bits per heavy atom. The van der Waals surface area contributed by atoms with Crippen molar-refractivity contribution in [1.82, 2.24) is 20.3 Å². The number of pyridine rings is 2. The Labute approximate surface area is 283 Å². The minimum absolute atomic E-state index is 0.239. The molecular formula is C32H24Cl2N10O4. The van der Waals surface area contributed by atoms with Crippen LogP contribution in [0.2, 0.25) is 10.0 Å². The molecule has 2 amide bonds. The normalized spacial score (nSPS) is 10.0. The lowest BCUT2D eigenvalue weighted by molar-refractivity contribution is 0.262. The quantitative estimate of drug-likeness (QED) is 0.0925. The molecule has 2 aromatic carbocycles. The minimum Gasteiger partial charge on any atom is -0.380 e. The fraction of sp³-hybridized carbons (Fsp3) is 0.125. The van der Waals surface area contributed by atoms with Gasteiger partial charge in [-0.1, -0.05) is 45.6 Å². The van der Waals surface area contributed by atoms with Crippen molar-refractivity contribution in [2.75, 3.05) is 16.4 Å². The van der Waals surface area contributed by atoms with Crippen LogP contribution in [0.25, 0.3) is 27.0 Å². The monoisotopic (exact) mass is 682 g/mol. The molecule has 6 aromatic rings. The van der Waals surface area contributed by atoms with Gasteiger partial charge in [0.1, 0.15) is 0 Å². The molecular weight excluding hydrogens is 659 g/mol. The second kappa shape index (κ2) is 15.3. The Morgan fingerprint density at radius 3 is 2.02 bits per heavy atom. The lowest BCUT2D eigenvalue weighted by Crippen LogP contribution is -2.19. The Hall–Kier alpha value is -6.31. The average molecular weight is 684 g/mol. The molecule has 48 heavy (non-hydrogen) atoms. The van der Waals surface area contributed by atoms with E-state index in [-0.39, 0.29) is 5.82 Å². The summed E-state index contributed by atoms with van der Waals surface area (Å²) in [7, 11) is 0. The summed E-state index contributed by atoms with van der Waals surface area (Å²) in [5.41, 5.74) is 11.4. The van der Waals surface area contributed by atoms with E-state index in [4.69, 9.17) is 49.8 Å². The number of aliphatic imine (C=N–C) groups is 1. The van der Waals surface area contributed by atoms with Crippen LogP contribution in [-0.4, -0.2) is 32.4 Å². The lowest BCUT2D eigenvalue weighted by atomic mass is 10.2. The maximum atomic E-state index is 12.1. The molecule has 0 radical (unpaired) electrons. The van der Waals surface area contributed by atoms with Gasteiger partial charge in [0.2, 0.25) is 6.08 Å². The van der Waals surface area contributed by atoms with E-state index in [9.17, 15) is 9.59 Å². The van der Waals surface area contributed by atoms with Gasteiger partial charge in [-0.25, -0.2) is 24.4 Å². The van der Waals surface area contributed by atoms with E-state index >= 15 is 0 Å². The van der Waals surface area contributed by atoms with Crippen LogP contribution in [0.3, 0.4) is 0 Å². The highest BCUT2D eigenvalue weighted by atomic mass is 35.5. The Bertz CT molecular complexity index is 2260. The van der Waals surface area contributed by atoms with E-state index in [0.717, 1.165) is 16.8 Å². The number of nitrogen functional groups attached to an aromatic ring is 1. The molecule has 16 heteroatoms. The van der Waals surface area contributed by atoms with E-state index < -0.39 is 6.03 Å². The van der Waals surface area contributed by atoms with E-state index in [1.54, 1.807) is 62.4 Å². The fourth-order valence-corrected chi connectivity index (χ4v) is 4.49. The number of nitrogens with zero attached hydrogens (tertiary/aromatic N) is 7. The predicted octanol–water partition coefficient (Wildman–Crippen LogP) is 8.29. The maximum Gasteiger partial charge on any atom is 0.324 e. The molecule has 0 atom stereocenters. The van der Waals surface area contributed by atoms with Gasteiger partial charge in [0, 0.05) is 5.69 Å². The van der Waals surface area contributed by atoms with Crippen LogP contribution >= 0.6 is 23.2 Å². The molecule has 0 aliphatic rings. The predicted molar refractivity (Wildman–Crippen MR) is 181 cm³/mol. The zero-order valence-corrected chi connectivity index (χ0v) is 27.2. The highest BCUT2D eigenvalue weighted by Crippen LogP contribution is 2.32. The van der Waals surface area contributed by atoms with E-state index in [2.05, 4.69) is 40.8 Å². The number of isocyanates is 1. The summed E-state index contributed by atoms with van der Waals surface area (Å²) in [4.78, 5) is 36.8. The topological polar surface area (TPSA) is 203 Å². The number of carbonyl (C=O) groups is 1. The number of nitrogens with two attached hydrogens (primary N) is 1. The lowest BCUT2D eigenvalue weighted by Gasteiger charge is -2.07. The number of urea groups is 1. The van der Waals surface area contributed by atoms with E-state index in [1.165, 1.54) is 6.08 Å². The van der Waals surface area contributed by atoms with Gasteiger partial charge in [-0.15, -0.1) is 0 Å². The summed E-state index contributed by atoms with van der Waals surface area (Å²) in [6.07, 6.45) is 1.42. The van der Waals surface area contributed by atoms with E-state index in [0.29, 0.717) is 66.4 Å². The zero-order chi connectivity index (χ0) is 35.0. The molecule has 4 heterocycles. The third-order valence-corrected chi connectivity index (χ3v) is 7.73. The number of anilines is 3. The summed E-state index contributed by atoms with van der Waals surface area (Å²) in [6.45, 7) is 13.9. The van der Waals surface area contributed by atoms with Crippen molar-refractivity contribution in [3.8, 4) is 6.07 Å². The number of nitriles is 1. The van der Waals surface area contributed by atoms with Gasteiger partial charge in [-0.2, -0.15) is 10.3 Å². The zero-order valence-electron chi connectivity index (χ0n) is 25.7. The smallest absolute Gasteiger partial charge is 0.324 e. The molecule has 0 bridgehead atoms. The van der Waals surface area contributed by atoms with Gasteiger partial charge in [-0.05, 0) is 75.2 Å². The highest BCUT2D eigenvalue weighted by Gasteiger charge is 2.18. The standard InChI is InChI=1S/C16H12ClN5O2.C8H8ClN3O.C8H4N2O/c1-8-12-14(22-24-15(12)19-9(2)13(8)17)21-16(23)20-11-5-3-10(7-18)4-6-11;1-3-5-7(10)12-13-8(5)11-4(2)6(3)9;1-9-7-2-4-8(5-3-7)10-6-11/h3-6H,1-2H3,(H2,20,21,22,23);1-2H3,(H2,10,12);2-5H. The number of hydrogen-bond donors (Lipinski definition) is 3. The third kappa shape index (κ3) is 7.91. The molecule has 4 N–H and O–H groups in total. The Morgan fingerprint density at radius 2 is 1.46 bits per heavy atom. The van der Waals surface area contributed by atoms with Gasteiger partial charge in [0.05, 0.1) is 56.1 Å². The van der Waals surface area contributed by atoms with Crippen molar-refractivity contribution in [3.05, 3.63) is 98.1 Å². The Kier molecular flexibility index (Phi) is 11.0. The van der Waals surface area contributed by atoms with Crippen LogP contribution < -0.4 is 16.4 Å². The summed E-state index contributed by atoms with van der Waals surface area (Å²) in [5.74, 6) is 0.574. The van der Waals surface area contributed by atoms with Crippen LogP contribution in [0, 0.1) is 45.6 Å². The van der Waals surface area contributed by atoms with Crippen LogP contribution in [0.5, 0.6) is 0 Å². The minimum atomic E-state index is -0.494. The number of carbonyl (C=O) groups excluding carboxylic acids is 2. The second-order valence-electron chi connectivity index (χ2n) is 9.83. The van der Waals surface area contributed by atoms with Crippen molar-refractivity contribution < 1.29 is 18.6 Å².